The fourth-order valence-corrected chi connectivity index (χ4v) is 4.15. The quantitative estimate of drug-likeness (QED) is 0.574. The van der Waals surface area contributed by atoms with Crippen LogP contribution in [0.3, 0.4) is 0 Å². The number of carbonyl (C=O) groups is 1. The number of anilines is 1. The first-order valence-electron chi connectivity index (χ1n) is 9.07. The van der Waals surface area contributed by atoms with Gasteiger partial charge in [-0.05, 0) is 41.8 Å². The molecule has 0 spiro atoms. The van der Waals surface area contributed by atoms with Gasteiger partial charge in [0.05, 0.1) is 21.2 Å². The van der Waals surface area contributed by atoms with Crippen molar-refractivity contribution in [3.8, 4) is 0 Å². The van der Waals surface area contributed by atoms with Crippen LogP contribution in [0.1, 0.15) is 28.8 Å². The summed E-state index contributed by atoms with van der Waals surface area (Å²) in [7, 11) is -3.72. The third-order valence-corrected chi connectivity index (χ3v) is 6.17. The van der Waals surface area contributed by atoms with Crippen molar-refractivity contribution in [3.05, 3.63) is 95.0 Å². The highest BCUT2D eigenvalue weighted by Gasteiger charge is 2.16. The molecule has 3 aromatic rings. The molecule has 0 aliphatic carbocycles. The number of halogens is 1. The first-order chi connectivity index (χ1) is 13.9. The van der Waals surface area contributed by atoms with Crippen LogP contribution in [-0.4, -0.2) is 20.9 Å². The van der Waals surface area contributed by atoms with Gasteiger partial charge in [-0.1, -0.05) is 67.1 Å². The first kappa shape index (κ1) is 20.9. The predicted molar refractivity (Wildman–Crippen MR) is 116 cm³/mol. The van der Waals surface area contributed by atoms with Crippen LogP contribution < -0.4 is 10.0 Å². The van der Waals surface area contributed by atoms with E-state index in [0.29, 0.717) is 6.54 Å². The van der Waals surface area contributed by atoms with Crippen molar-refractivity contribution in [1.29, 1.82) is 0 Å². The molecule has 0 aromatic heterocycles. The molecular weight excluding hydrogens is 408 g/mol. The van der Waals surface area contributed by atoms with E-state index in [9.17, 15) is 13.2 Å². The highest BCUT2D eigenvalue weighted by molar-refractivity contribution is 7.92. The van der Waals surface area contributed by atoms with Crippen molar-refractivity contribution in [2.45, 2.75) is 17.7 Å². The maximum Gasteiger partial charge on any atom is 0.261 e. The number of sulfonamides is 1. The number of hydrogen-bond donors (Lipinski definition) is 2. The second kappa shape index (κ2) is 9.11. The summed E-state index contributed by atoms with van der Waals surface area (Å²) in [5.41, 5.74) is 1.70. The summed E-state index contributed by atoms with van der Waals surface area (Å²) in [5.74, 6) is -0.161. The zero-order valence-corrected chi connectivity index (χ0v) is 17.4. The number of rotatable bonds is 7. The number of carbonyl (C=O) groups excluding carboxylic acids is 1. The Morgan fingerprint density at radius 3 is 2.21 bits per heavy atom. The molecule has 0 saturated heterocycles. The summed E-state index contributed by atoms with van der Waals surface area (Å²) >= 11 is 6.24. The second-order valence-corrected chi connectivity index (χ2v) is 8.72. The Balaban J connectivity index is 1.67. The number of hydrogen-bond acceptors (Lipinski definition) is 3. The lowest BCUT2D eigenvalue weighted by Gasteiger charge is -2.14. The third kappa shape index (κ3) is 5.37. The van der Waals surface area contributed by atoms with Gasteiger partial charge in [0, 0.05) is 6.54 Å². The first-order valence-corrected chi connectivity index (χ1v) is 10.9. The van der Waals surface area contributed by atoms with Crippen LogP contribution in [0.5, 0.6) is 0 Å². The maximum absolute atomic E-state index is 12.5. The molecule has 0 radical (unpaired) electrons. The Labute approximate surface area is 175 Å². The van der Waals surface area contributed by atoms with Crippen molar-refractivity contribution in [2.75, 3.05) is 11.3 Å². The molecular formula is C22H21ClN2O3S. The van der Waals surface area contributed by atoms with E-state index < -0.39 is 10.0 Å². The SMILES string of the molecule is CC(CNC(=O)c1ccc(NS(=O)(=O)c2ccccc2)cc1Cl)c1ccccc1. The minimum Gasteiger partial charge on any atom is -0.351 e. The summed E-state index contributed by atoms with van der Waals surface area (Å²) in [6.07, 6.45) is 0. The van der Waals surface area contributed by atoms with E-state index in [1.807, 2.05) is 37.3 Å². The third-order valence-electron chi connectivity index (χ3n) is 4.46. The molecule has 1 atom stereocenters. The standard InChI is InChI=1S/C22H21ClN2O3S/c1-16(17-8-4-2-5-9-17)15-24-22(26)20-13-12-18(14-21(20)23)25-29(27,28)19-10-6-3-7-11-19/h2-14,16,25H,15H2,1H3,(H,24,26). The summed E-state index contributed by atoms with van der Waals surface area (Å²) in [6, 6.07) is 22.4. The molecule has 0 saturated carbocycles. The minimum absolute atomic E-state index is 0.146. The fourth-order valence-electron chi connectivity index (χ4n) is 2.82. The van der Waals surface area contributed by atoms with Crippen LogP contribution in [0.25, 0.3) is 0 Å². The van der Waals surface area contributed by atoms with Gasteiger partial charge in [0.1, 0.15) is 0 Å². The van der Waals surface area contributed by atoms with Gasteiger partial charge in [0.25, 0.3) is 15.9 Å². The Morgan fingerprint density at radius 1 is 0.966 bits per heavy atom. The van der Waals surface area contributed by atoms with Gasteiger partial charge in [0.15, 0.2) is 0 Å². The van der Waals surface area contributed by atoms with Crippen LogP contribution in [-0.2, 0) is 10.0 Å². The van der Waals surface area contributed by atoms with Gasteiger partial charge in [-0.3, -0.25) is 9.52 Å². The molecule has 3 rings (SSSR count). The summed E-state index contributed by atoms with van der Waals surface area (Å²) < 4.78 is 27.3. The Kier molecular flexibility index (Phi) is 6.56. The fraction of sp³-hybridized carbons (Fsp3) is 0.136. The van der Waals surface area contributed by atoms with Crippen molar-refractivity contribution in [1.82, 2.24) is 5.32 Å². The van der Waals surface area contributed by atoms with Crippen molar-refractivity contribution in [3.63, 3.8) is 0 Å². The van der Waals surface area contributed by atoms with Crippen LogP contribution in [0, 0.1) is 0 Å². The normalized spacial score (nSPS) is 12.2. The molecule has 0 fully saturated rings. The van der Waals surface area contributed by atoms with Crippen molar-refractivity contribution < 1.29 is 13.2 Å². The minimum atomic E-state index is -3.72. The van der Waals surface area contributed by atoms with Gasteiger partial charge in [-0.15, -0.1) is 0 Å². The highest BCUT2D eigenvalue weighted by Crippen LogP contribution is 2.23. The second-order valence-electron chi connectivity index (χ2n) is 6.63. The van der Waals surface area contributed by atoms with Gasteiger partial charge in [-0.25, -0.2) is 8.42 Å². The van der Waals surface area contributed by atoms with Crippen molar-refractivity contribution >= 4 is 33.2 Å². The predicted octanol–water partition coefficient (Wildman–Crippen LogP) is 4.67. The number of amides is 1. The molecule has 0 bridgehead atoms. The molecule has 5 nitrogen and oxygen atoms in total. The van der Waals surface area contributed by atoms with E-state index in [2.05, 4.69) is 10.0 Å². The van der Waals surface area contributed by atoms with E-state index in [1.165, 1.54) is 30.3 Å². The lowest BCUT2D eigenvalue weighted by Crippen LogP contribution is -2.27. The Bertz CT molecular complexity index is 1090. The van der Waals surface area contributed by atoms with E-state index in [-0.39, 0.29) is 33.0 Å². The van der Waals surface area contributed by atoms with Crippen LogP contribution in [0.2, 0.25) is 5.02 Å². The molecule has 3 aromatic carbocycles. The molecule has 1 unspecified atom stereocenters. The van der Waals surface area contributed by atoms with Crippen molar-refractivity contribution in [2.24, 2.45) is 0 Å². The molecule has 2 N–H and O–H groups in total. The largest absolute Gasteiger partial charge is 0.351 e. The molecule has 150 valence electrons. The average Bonchev–Trinajstić information content (AvgIpc) is 2.73. The van der Waals surface area contributed by atoms with E-state index in [0.717, 1.165) is 5.56 Å². The molecule has 0 heterocycles. The van der Waals surface area contributed by atoms with E-state index in [1.54, 1.807) is 18.2 Å². The van der Waals surface area contributed by atoms with Gasteiger partial charge < -0.3 is 5.32 Å². The Morgan fingerprint density at radius 2 is 1.59 bits per heavy atom. The molecule has 0 aliphatic heterocycles. The lowest BCUT2D eigenvalue weighted by molar-refractivity contribution is 0.0952. The van der Waals surface area contributed by atoms with Crippen LogP contribution in [0.4, 0.5) is 5.69 Å². The zero-order chi connectivity index (χ0) is 20.9. The van der Waals surface area contributed by atoms with E-state index >= 15 is 0 Å². The van der Waals surface area contributed by atoms with Gasteiger partial charge in [-0.2, -0.15) is 0 Å². The Hall–Kier alpha value is -2.83. The number of benzene rings is 3. The smallest absolute Gasteiger partial charge is 0.261 e. The van der Waals surface area contributed by atoms with E-state index in [4.69, 9.17) is 11.6 Å². The number of nitrogens with one attached hydrogen (secondary N) is 2. The molecule has 1 amide bonds. The highest BCUT2D eigenvalue weighted by atomic mass is 35.5. The van der Waals surface area contributed by atoms with Gasteiger partial charge in [0.2, 0.25) is 0 Å². The topological polar surface area (TPSA) is 75.3 Å². The monoisotopic (exact) mass is 428 g/mol. The molecule has 29 heavy (non-hydrogen) atoms. The summed E-state index contributed by atoms with van der Waals surface area (Å²) in [4.78, 5) is 12.6. The molecule has 0 aliphatic rings. The van der Waals surface area contributed by atoms with Crippen LogP contribution >= 0.6 is 11.6 Å². The van der Waals surface area contributed by atoms with Crippen LogP contribution in [0.15, 0.2) is 83.8 Å². The zero-order valence-electron chi connectivity index (χ0n) is 15.8. The average molecular weight is 429 g/mol. The summed E-state index contributed by atoms with van der Waals surface area (Å²) in [6.45, 7) is 2.49. The maximum atomic E-state index is 12.5. The summed E-state index contributed by atoms with van der Waals surface area (Å²) in [5, 5.41) is 3.04. The van der Waals surface area contributed by atoms with Gasteiger partial charge >= 0.3 is 0 Å². The lowest BCUT2D eigenvalue weighted by atomic mass is 10.0. The molecule has 7 heteroatoms.